The van der Waals surface area contributed by atoms with Crippen LogP contribution in [0.15, 0.2) is 24.3 Å². The van der Waals surface area contributed by atoms with Crippen LogP contribution in [0.3, 0.4) is 0 Å². The molecule has 0 aliphatic heterocycles. The molecule has 2 N–H and O–H groups in total. The van der Waals surface area contributed by atoms with Gasteiger partial charge in [0.15, 0.2) is 0 Å². The molecule has 4 heteroatoms. The van der Waals surface area contributed by atoms with Gasteiger partial charge in [-0.05, 0) is 37.3 Å². The van der Waals surface area contributed by atoms with Gasteiger partial charge in [0.25, 0.3) is 0 Å². The van der Waals surface area contributed by atoms with E-state index in [-0.39, 0.29) is 6.42 Å². The summed E-state index contributed by atoms with van der Waals surface area (Å²) in [7, 11) is 0. The van der Waals surface area contributed by atoms with Crippen molar-refractivity contribution in [3.05, 3.63) is 35.4 Å². The molecule has 0 amide bonds. The maximum Gasteiger partial charge on any atom is 0.314 e. The Kier molecular flexibility index (Phi) is 3.11. The Hall–Kier alpha value is -1.84. The molecule has 1 fully saturated rings. The van der Waals surface area contributed by atoms with E-state index in [0.29, 0.717) is 12.8 Å². The summed E-state index contributed by atoms with van der Waals surface area (Å²) in [6.45, 7) is 1.87. The van der Waals surface area contributed by atoms with Crippen LogP contribution in [-0.2, 0) is 15.0 Å². The third kappa shape index (κ3) is 1.88. The second kappa shape index (κ2) is 4.44. The largest absolute Gasteiger partial charge is 0.481 e. The van der Waals surface area contributed by atoms with Crippen molar-refractivity contribution in [3.8, 4) is 0 Å². The summed E-state index contributed by atoms with van der Waals surface area (Å²) < 4.78 is 0. The molecule has 2 rings (SSSR count). The van der Waals surface area contributed by atoms with Crippen molar-refractivity contribution >= 4 is 11.9 Å². The Morgan fingerprint density at radius 2 is 1.94 bits per heavy atom. The van der Waals surface area contributed by atoms with Crippen molar-refractivity contribution in [2.75, 3.05) is 0 Å². The van der Waals surface area contributed by atoms with Crippen molar-refractivity contribution in [3.63, 3.8) is 0 Å². The summed E-state index contributed by atoms with van der Waals surface area (Å²) in [4.78, 5) is 22.7. The monoisotopic (exact) mass is 248 g/mol. The van der Waals surface area contributed by atoms with Gasteiger partial charge in [-0.15, -0.1) is 0 Å². The molecule has 4 nitrogen and oxygen atoms in total. The summed E-state index contributed by atoms with van der Waals surface area (Å²) in [5.41, 5.74) is 0.626. The second-order valence-corrected chi connectivity index (χ2v) is 4.98. The summed E-state index contributed by atoms with van der Waals surface area (Å²) in [6.07, 6.45) is 1.00. The lowest BCUT2D eigenvalue weighted by atomic mass is 9.76. The quantitative estimate of drug-likeness (QED) is 0.860. The lowest BCUT2D eigenvalue weighted by Gasteiger charge is -2.26. The number of aliphatic carboxylic acids is 2. The van der Waals surface area contributed by atoms with Crippen molar-refractivity contribution in [1.29, 1.82) is 0 Å². The molecule has 2 atom stereocenters. The molecule has 1 aromatic carbocycles. The van der Waals surface area contributed by atoms with Crippen LogP contribution in [-0.4, -0.2) is 22.2 Å². The molecule has 2 unspecified atom stereocenters. The highest BCUT2D eigenvalue weighted by molar-refractivity contribution is 5.84. The summed E-state index contributed by atoms with van der Waals surface area (Å²) >= 11 is 0. The highest BCUT2D eigenvalue weighted by Crippen LogP contribution is 2.45. The highest BCUT2D eigenvalue weighted by atomic mass is 16.4. The number of carbonyl (C=O) groups is 2. The van der Waals surface area contributed by atoms with E-state index in [1.807, 2.05) is 19.1 Å². The fraction of sp³-hybridized carbons (Fsp3) is 0.429. The first kappa shape index (κ1) is 12.6. The lowest BCUT2D eigenvalue weighted by molar-refractivity contribution is -0.144. The van der Waals surface area contributed by atoms with Crippen molar-refractivity contribution in [1.82, 2.24) is 0 Å². The van der Waals surface area contributed by atoms with Gasteiger partial charge in [-0.2, -0.15) is 0 Å². The molecule has 0 heterocycles. The highest BCUT2D eigenvalue weighted by Gasteiger charge is 2.49. The second-order valence-electron chi connectivity index (χ2n) is 4.98. The molecule has 96 valence electrons. The van der Waals surface area contributed by atoms with Gasteiger partial charge in [-0.25, -0.2) is 0 Å². The van der Waals surface area contributed by atoms with E-state index in [9.17, 15) is 14.7 Å². The van der Waals surface area contributed by atoms with E-state index >= 15 is 0 Å². The first-order valence-electron chi connectivity index (χ1n) is 6.00. The van der Waals surface area contributed by atoms with Crippen LogP contribution in [0.1, 0.15) is 30.4 Å². The fourth-order valence-corrected chi connectivity index (χ4v) is 2.92. The first-order chi connectivity index (χ1) is 8.47. The van der Waals surface area contributed by atoms with Gasteiger partial charge < -0.3 is 10.2 Å². The molecule has 1 aliphatic carbocycles. The van der Waals surface area contributed by atoms with Crippen LogP contribution < -0.4 is 0 Å². The Morgan fingerprint density at radius 3 is 2.44 bits per heavy atom. The number of carboxylic acids is 2. The van der Waals surface area contributed by atoms with E-state index in [4.69, 9.17) is 5.11 Å². The topological polar surface area (TPSA) is 74.6 Å². The average Bonchev–Trinajstić information content (AvgIpc) is 2.76. The van der Waals surface area contributed by atoms with E-state index in [1.54, 1.807) is 12.1 Å². The number of carboxylic acid groups (broad SMARTS) is 2. The molecule has 0 aromatic heterocycles. The fourth-order valence-electron chi connectivity index (χ4n) is 2.92. The van der Waals surface area contributed by atoms with Gasteiger partial charge in [0, 0.05) is 0 Å². The number of aryl methyl sites for hydroxylation is 1. The number of hydrogen-bond donors (Lipinski definition) is 2. The minimum atomic E-state index is -1.03. The van der Waals surface area contributed by atoms with Crippen LogP contribution in [0.5, 0.6) is 0 Å². The Morgan fingerprint density at radius 1 is 1.28 bits per heavy atom. The zero-order chi connectivity index (χ0) is 13.3. The van der Waals surface area contributed by atoms with Gasteiger partial charge >= 0.3 is 11.9 Å². The van der Waals surface area contributed by atoms with Crippen LogP contribution >= 0.6 is 0 Å². The van der Waals surface area contributed by atoms with Gasteiger partial charge in [-0.3, -0.25) is 9.59 Å². The molecule has 0 spiro atoms. The van der Waals surface area contributed by atoms with Crippen LogP contribution in [0.2, 0.25) is 0 Å². The number of hydrogen-bond acceptors (Lipinski definition) is 2. The van der Waals surface area contributed by atoms with E-state index in [1.165, 1.54) is 0 Å². The summed E-state index contributed by atoms with van der Waals surface area (Å²) in [5.74, 6) is -2.37. The third-order valence-electron chi connectivity index (χ3n) is 3.93. The third-order valence-corrected chi connectivity index (χ3v) is 3.93. The molecule has 0 bridgehead atoms. The molecule has 0 saturated heterocycles. The van der Waals surface area contributed by atoms with E-state index in [2.05, 4.69) is 0 Å². The molecular formula is C14H16O4. The Balaban J connectivity index is 2.45. The maximum atomic E-state index is 11.7. The smallest absolute Gasteiger partial charge is 0.314 e. The molecule has 0 radical (unpaired) electrons. The number of benzene rings is 1. The minimum Gasteiger partial charge on any atom is -0.481 e. The molecule has 18 heavy (non-hydrogen) atoms. The zero-order valence-electron chi connectivity index (χ0n) is 10.2. The molecule has 1 saturated carbocycles. The zero-order valence-corrected chi connectivity index (χ0v) is 10.2. The Bertz CT molecular complexity index is 494. The summed E-state index contributed by atoms with van der Waals surface area (Å²) in [5, 5.41) is 18.6. The predicted octanol–water partition coefficient (Wildman–Crippen LogP) is 2.20. The SMILES string of the molecule is Cc1ccccc1C1(C(=O)O)CCC(C(=O)O)C1. The van der Waals surface area contributed by atoms with E-state index in [0.717, 1.165) is 11.1 Å². The standard InChI is InChI=1S/C14H16O4/c1-9-4-2-3-5-11(9)14(13(17)18)7-6-10(8-14)12(15)16/h2-5,10H,6-8H2,1H3,(H,15,16)(H,17,18). The van der Waals surface area contributed by atoms with Crippen LogP contribution in [0, 0.1) is 12.8 Å². The molecule has 1 aliphatic rings. The lowest BCUT2D eigenvalue weighted by Crippen LogP contribution is -2.34. The van der Waals surface area contributed by atoms with E-state index < -0.39 is 23.3 Å². The maximum absolute atomic E-state index is 11.7. The predicted molar refractivity (Wildman–Crippen MR) is 65.5 cm³/mol. The average molecular weight is 248 g/mol. The molecule has 1 aromatic rings. The van der Waals surface area contributed by atoms with Crippen LogP contribution in [0.4, 0.5) is 0 Å². The van der Waals surface area contributed by atoms with Gasteiger partial charge in [0.1, 0.15) is 0 Å². The van der Waals surface area contributed by atoms with Gasteiger partial charge in [0.05, 0.1) is 11.3 Å². The Labute approximate surface area is 105 Å². The van der Waals surface area contributed by atoms with Crippen molar-refractivity contribution in [2.45, 2.75) is 31.6 Å². The number of rotatable bonds is 3. The molecular weight excluding hydrogens is 232 g/mol. The van der Waals surface area contributed by atoms with Crippen molar-refractivity contribution < 1.29 is 19.8 Å². The summed E-state index contributed by atoms with van der Waals surface area (Å²) in [6, 6.07) is 7.33. The normalized spacial score (nSPS) is 27.1. The van der Waals surface area contributed by atoms with Crippen LogP contribution in [0.25, 0.3) is 0 Å². The van der Waals surface area contributed by atoms with Gasteiger partial charge in [0.2, 0.25) is 0 Å². The van der Waals surface area contributed by atoms with Gasteiger partial charge in [-0.1, -0.05) is 24.3 Å². The minimum absolute atomic E-state index is 0.183. The first-order valence-corrected chi connectivity index (χ1v) is 6.00. The van der Waals surface area contributed by atoms with Crippen molar-refractivity contribution in [2.24, 2.45) is 5.92 Å².